The Morgan fingerprint density at radius 1 is 0.286 bits per heavy atom. The summed E-state index contributed by atoms with van der Waals surface area (Å²) in [6.45, 7) is 4.92. The van der Waals surface area contributed by atoms with Gasteiger partial charge < -0.3 is 33.8 Å². The Bertz CT molecular complexity index is 2000. The van der Waals surface area contributed by atoms with Crippen LogP contribution in [0.1, 0.15) is 387 Å². The minimum absolute atomic E-state index is 0.100. The zero-order chi connectivity index (χ0) is 71.8. The molecule has 0 fully saturated rings. The number of unbranched alkanes of at least 4 members (excludes halogenated alkanes) is 45. The number of hydrogen-bond donors (Lipinski definition) is 3. The summed E-state index contributed by atoms with van der Waals surface area (Å²) in [6.07, 6.45) is 68.3. The molecule has 98 heavy (non-hydrogen) atoms. The molecule has 0 saturated carbocycles. The first kappa shape index (κ1) is 95.3. The first-order chi connectivity index (χ1) is 47.7. The van der Waals surface area contributed by atoms with E-state index in [1.54, 1.807) is 0 Å². The van der Waals surface area contributed by atoms with Crippen molar-refractivity contribution >= 4 is 39.5 Å². The van der Waals surface area contributed by atoms with Crippen molar-refractivity contribution in [3.63, 3.8) is 0 Å². The number of phosphoric acid groups is 2. The van der Waals surface area contributed by atoms with E-state index in [1.165, 1.54) is 173 Å². The molecular formula is C79H148O17P2. The molecule has 0 amide bonds. The maximum absolute atomic E-state index is 13.1. The number of rotatable bonds is 77. The highest BCUT2D eigenvalue weighted by Crippen LogP contribution is 2.45. The van der Waals surface area contributed by atoms with Gasteiger partial charge in [-0.2, -0.15) is 0 Å². The summed E-state index contributed by atoms with van der Waals surface area (Å²) in [5.74, 6) is -2.15. The summed E-state index contributed by atoms with van der Waals surface area (Å²) >= 11 is 0. The lowest BCUT2D eigenvalue weighted by molar-refractivity contribution is -0.161. The Morgan fingerprint density at radius 2 is 0.500 bits per heavy atom. The molecule has 0 aromatic heterocycles. The van der Waals surface area contributed by atoms with Crippen LogP contribution < -0.4 is 0 Å². The normalized spacial score (nSPS) is 14.1. The fourth-order valence-electron chi connectivity index (χ4n) is 11.4. The smallest absolute Gasteiger partial charge is 0.462 e. The second-order valence-electron chi connectivity index (χ2n) is 27.4. The Labute approximate surface area is 598 Å². The standard InChI is InChI=1S/C79H148O17P2/c1-5-9-13-17-21-25-29-33-36-40-43-47-51-55-59-63-76(81)89-69-74(95-78(83)65-61-57-53-49-45-39-32-28-24-20-16-12-8-4)71-93-97(85,86)91-67-73(80)68-92-98(87,88)94-72-75(96-79(84)66-62-58-54-50-46-42-38-35-31-27-23-19-15-11-7-3)70-90-77(82)64-60-56-52-48-44-41-37-34-30-26-22-18-14-10-6-2/h21,25,33-34,36-37,73-75,80H,5-20,22-24,26-32,35,38-72H2,1-4H3,(H,85,86)(H,87,88)/b25-21-,36-33-,37-34-/t73-,74-,75-/m1/s1. The zero-order valence-corrected chi connectivity index (χ0v) is 64.8. The molecule has 2 unspecified atom stereocenters. The summed E-state index contributed by atoms with van der Waals surface area (Å²) < 4.78 is 68.6. The maximum atomic E-state index is 13.1. The number of aliphatic hydroxyl groups excluding tert-OH is 1. The van der Waals surface area contributed by atoms with Crippen LogP contribution in [0.2, 0.25) is 0 Å². The first-order valence-corrected chi connectivity index (χ1v) is 43.2. The molecule has 0 spiro atoms. The molecule has 0 aromatic carbocycles. The van der Waals surface area contributed by atoms with Crippen molar-refractivity contribution in [3.8, 4) is 0 Å². The second kappa shape index (κ2) is 72.6. The molecule has 5 atom stereocenters. The van der Waals surface area contributed by atoms with E-state index in [-0.39, 0.29) is 25.7 Å². The lowest BCUT2D eigenvalue weighted by Crippen LogP contribution is -2.30. The van der Waals surface area contributed by atoms with Gasteiger partial charge in [0.25, 0.3) is 0 Å². The third-order valence-electron chi connectivity index (χ3n) is 17.6. The molecule has 17 nitrogen and oxygen atoms in total. The molecule has 0 aliphatic rings. The molecule has 3 N–H and O–H groups in total. The predicted octanol–water partition coefficient (Wildman–Crippen LogP) is 23.1. The van der Waals surface area contributed by atoms with Crippen LogP contribution in [0.4, 0.5) is 0 Å². The number of carbonyl (C=O) groups excluding carboxylic acids is 4. The molecule has 0 bridgehead atoms. The van der Waals surface area contributed by atoms with Crippen molar-refractivity contribution in [1.29, 1.82) is 0 Å². The van der Waals surface area contributed by atoms with Crippen molar-refractivity contribution in [2.24, 2.45) is 0 Å². The average molecular weight is 1430 g/mol. The number of ether oxygens (including phenoxy) is 4. The third kappa shape index (κ3) is 71.7. The number of esters is 4. The number of phosphoric ester groups is 2. The van der Waals surface area contributed by atoms with Crippen LogP contribution in [0, 0.1) is 0 Å². The fraction of sp³-hybridized carbons (Fsp3) is 0.873. The van der Waals surface area contributed by atoms with Crippen LogP contribution in [-0.2, 0) is 65.4 Å². The number of aliphatic hydroxyl groups is 1. The van der Waals surface area contributed by atoms with Gasteiger partial charge in [0.1, 0.15) is 19.3 Å². The highest BCUT2D eigenvalue weighted by molar-refractivity contribution is 7.47. The van der Waals surface area contributed by atoms with Gasteiger partial charge in [-0.25, -0.2) is 9.13 Å². The Balaban J connectivity index is 5.31. The SMILES string of the molecule is CCCCC/C=C\C/C=C\CCCCCCCC(=O)OC[C@H](COP(=O)(O)OC[C@@H](O)COP(=O)(O)OC[C@@H](COC(=O)CCCCCCC/C=C\CCCCCCCC)OC(=O)CCCCCCCCCCCCCCCCC)OC(=O)CCCCCCCCCCCCCCC. The minimum Gasteiger partial charge on any atom is -0.462 e. The highest BCUT2D eigenvalue weighted by Gasteiger charge is 2.30. The zero-order valence-electron chi connectivity index (χ0n) is 63.0. The maximum Gasteiger partial charge on any atom is 0.472 e. The molecule has 0 aliphatic carbocycles. The van der Waals surface area contributed by atoms with Gasteiger partial charge in [-0.15, -0.1) is 0 Å². The van der Waals surface area contributed by atoms with Crippen LogP contribution in [0.5, 0.6) is 0 Å². The summed E-state index contributed by atoms with van der Waals surface area (Å²) in [5.41, 5.74) is 0. The number of allylic oxidation sites excluding steroid dienone is 6. The van der Waals surface area contributed by atoms with Gasteiger partial charge >= 0.3 is 39.5 Å². The topological polar surface area (TPSA) is 237 Å². The van der Waals surface area contributed by atoms with E-state index in [0.717, 1.165) is 135 Å². The van der Waals surface area contributed by atoms with Crippen molar-refractivity contribution in [1.82, 2.24) is 0 Å². The third-order valence-corrected chi connectivity index (χ3v) is 19.5. The first-order valence-electron chi connectivity index (χ1n) is 40.2. The monoisotopic (exact) mass is 1430 g/mol. The Hall–Kier alpha value is -2.72. The predicted molar refractivity (Wildman–Crippen MR) is 400 cm³/mol. The van der Waals surface area contributed by atoms with Gasteiger partial charge in [-0.3, -0.25) is 37.3 Å². The summed E-state index contributed by atoms with van der Waals surface area (Å²) in [5, 5.41) is 10.6. The Kier molecular flexibility index (Phi) is 70.6. The van der Waals surface area contributed by atoms with E-state index in [2.05, 4.69) is 64.2 Å². The second-order valence-corrected chi connectivity index (χ2v) is 30.3. The van der Waals surface area contributed by atoms with Gasteiger partial charge in [0.2, 0.25) is 0 Å². The fourth-order valence-corrected chi connectivity index (χ4v) is 13.0. The van der Waals surface area contributed by atoms with Crippen LogP contribution in [0.3, 0.4) is 0 Å². The lowest BCUT2D eigenvalue weighted by Gasteiger charge is -2.21. The molecular weight excluding hydrogens is 1280 g/mol. The van der Waals surface area contributed by atoms with E-state index in [9.17, 15) is 43.2 Å². The van der Waals surface area contributed by atoms with Gasteiger partial charge in [0.05, 0.1) is 26.4 Å². The van der Waals surface area contributed by atoms with Gasteiger partial charge in [-0.1, -0.05) is 315 Å². The summed E-state index contributed by atoms with van der Waals surface area (Å²) in [6, 6.07) is 0. The van der Waals surface area contributed by atoms with Crippen LogP contribution in [-0.4, -0.2) is 96.7 Å². The summed E-state index contributed by atoms with van der Waals surface area (Å²) in [7, 11) is -9.93. The molecule has 0 aliphatic heterocycles. The van der Waals surface area contributed by atoms with Crippen molar-refractivity contribution < 1.29 is 80.2 Å². The molecule has 19 heteroatoms. The molecule has 0 heterocycles. The van der Waals surface area contributed by atoms with E-state index in [4.69, 9.17) is 37.0 Å². The minimum atomic E-state index is -4.97. The van der Waals surface area contributed by atoms with E-state index in [1.807, 2.05) is 0 Å². The molecule has 0 saturated heterocycles. The van der Waals surface area contributed by atoms with Crippen molar-refractivity contribution in [2.45, 2.75) is 406 Å². The lowest BCUT2D eigenvalue weighted by atomic mass is 10.0. The molecule has 576 valence electrons. The molecule has 0 aromatic rings. The van der Waals surface area contributed by atoms with Gasteiger partial charge in [0, 0.05) is 25.7 Å². The van der Waals surface area contributed by atoms with Crippen LogP contribution in [0.15, 0.2) is 36.5 Å². The largest absolute Gasteiger partial charge is 0.472 e. The van der Waals surface area contributed by atoms with Gasteiger partial charge in [-0.05, 0) is 83.5 Å². The Morgan fingerprint density at radius 3 is 0.786 bits per heavy atom. The van der Waals surface area contributed by atoms with Crippen molar-refractivity contribution in [2.75, 3.05) is 39.6 Å². The van der Waals surface area contributed by atoms with E-state index < -0.39 is 97.5 Å². The van der Waals surface area contributed by atoms with Crippen LogP contribution in [0.25, 0.3) is 0 Å². The quantitative estimate of drug-likeness (QED) is 0.0169. The molecule has 0 radical (unpaired) electrons. The summed E-state index contributed by atoms with van der Waals surface area (Å²) in [4.78, 5) is 72.9. The van der Waals surface area contributed by atoms with E-state index in [0.29, 0.717) is 25.7 Å². The highest BCUT2D eigenvalue weighted by atomic mass is 31.2. The van der Waals surface area contributed by atoms with E-state index >= 15 is 0 Å². The number of carbonyl (C=O) groups is 4. The van der Waals surface area contributed by atoms with Crippen molar-refractivity contribution in [3.05, 3.63) is 36.5 Å². The average Bonchev–Trinajstić information content (AvgIpc) is 0.959. The van der Waals surface area contributed by atoms with Gasteiger partial charge in [0.15, 0.2) is 12.2 Å². The van der Waals surface area contributed by atoms with Crippen LogP contribution >= 0.6 is 15.6 Å². The number of hydrogen-bond acceptors (Lipinski definition) is 15. The molecule has 0 rings (SSSR count).